The highest BCUT2D eigenvalue weighted by Crippen LogP contribution is 2.43. The van der Waals surface area contributed by atoms with E-state index in [2.05, 4.69) is 4.90 Å². The summed E-state index contributed by atoms with van der Waals surface area (Å²) in [5.41, 5.74) is 0. The minimum absolute atomic E-state index is 1.02. The molecule has 0 amide bonds. The van der Waals surface area contributed by atoms with E-state index in [0.717, 1.165) is 18.0 Å². The van der Waals surface area contributed by atoms with Crippen molar-refractivity contribution in [1.82, 2.24) is 4.90 Å². The van der Waals surface area contributed by atoms with Gasteiger partial charge in [-0.2, -0.15) is 0 Å². The molecule has 1 saturated heterocycles. The fraction of sp³-hybridized carbons (Fsp3) is 1.00. The van der Waals surface area contributed by atoms with Crippen LogP contribution < -0.4 is 0 Å². The van der Waals surface area contributed by atoms with Crippen LogP contribution in [-0.2, 0) is 0 Å². The van der Waals surface area contributed by atoms with Crippen LogP contribution in [0.5, 0.6) is 0 Å². The monoisotopic (exact) mass is 165 g/mol. The van der Waals surface area contributed by atoms with Gasteiger partial charge in [-0.3, -0.25) is 4.90 Å². The predicted molar refractivity (Wildman–Crippen MR) is 50.1 cm³/mol. The molecule has 0 aromatic heterocycles. The Labute approximate surface area is 75.1 Å². The molecule has 0 bridgehead atoms. The first-order valence-electron chi connectivity index (χ1n) is 5.71. The quantitative estimate of drug-likeness (QED) is 0.607. The second-order valence-corrected chi connectivity index (χ2v) is 4.87. The van der Waals surface area contributed by atoms with E-state index >= 15 is 0 Å². The number of hydrogen-bond acceptors (Lipinski definition) is 1. The maximum Gasteiger partial charge on any atom is 0.0126 e. The molecule has 0 aromatic carbocycles. The lowest BCUT2D eigenvalue weighted by molar-refractivity contribution is 0.122. The maximum absolute atomic E-state index is 2.85. The van der Waals surface area contributed by atoms with Crippen molar-refractivity contribution in [3.63, 3.8) is 0 Å². The van der Waals surface area contributed by atoms with E-state index in [4.69, 9.17) is 0 Å². The van der Waals surface area contributed by atoms with Crippen LogP contribution in [-0.4, -0.2) is 23.5 Å². The van der Waals surface area contributed by atoms with E-state index in [1.54, 1.807) is 0 Å². The van der Waals surface area contributed by atoms with Crippen molar-refractivity contribution < 1.29 is 0 Å². The van der Waals surface area contributed by atoms with Gasteiger partial charge >= 0.3 is 0 Å². The average Bonchev–Trinajstić information content (AvgIpc) is 2.99. The number of piperidine rings is 1. The Balaban J connectivity index is 1.68. The maximum atomic E-state index is 2.85. The molecule has 3 fully saturated rings. The third-order valence-electron chi connectivity index (χ3n) is 3.77. The lowest BCUT2D eigenvalue weighted by Gasteiger charge is -2.36. The van der Waals surface area contributed by atoms with Gasteiger partial charge in [-0.15, -0.1) is 0 Å². The second-order valence-electron chi connectivity index (χ2n) is 4.87. The Kier molecular flexibility index (Phi) is 1.68. The molecular weight excluding hydrogens is 146 g/mol. The summed E-state index contributed by atoms with van der Waals surface area (Å²) in [6.07, 6.45) is 10.6. The molecule has 3 rings (SSSR count). The van der Waals surface area contributed by atoms with Gasteiger partial charge in [0.15, 0.2) is 0 Å². The van der Waals surface area contributed by atoms with Crippen LogP contribution >= 0.6 is 0 Å². The van der Waals surface area contributed by atoms with Gasteiger partial charge in [0.25, 0.3) is 0 Å². The Bertz CT molecular complexity index is 150. The molecule has 68 valence electrons. The van der Waals surface area contributed by atoms with Crippen LogP contribution in [0.1, 0.15) is 44.9 Å². The number of nitrogens with zero attached hydrogens (tertiary/aromatic N) is 1. The van der Waals surface area contributed by atoms with E-state index in [1.165, 1.54) is 51.5 Å². The summed E-state index contributed by atoms with van der Waals surface area (Å²) in [5, 5.41) is 0. The average molecular weight is 165 g/mol. The van der Waals surface area contributed by atoms with E-state index in [0.29, 0.717) is 0 Å². The molecule has 2 aliphatic carbocycles. The number of rotatable bonds is 2. The third kappa shape index (κ3) is 1.28. The van der Waals surface area contributed by atoms with Gasteiger partial charge in [0, 0.05) is 12.1 Å². The van der Waals surface area contributed by atoms with Crippen LogP contribution in [0, 0.1) is 5.92 Å². The minimum Gasteiger partial charge on any atom is -0.297 e. The van der Waals surface area contributed by atoms with E-state index in [-0.39, 0.29) is 0 Å². The molecule has 1 atom stereocenters. The Morgan fingerprint density at radius 3 is 2.33 bits per heavy atom. The zero-order valence-electron chi connectivity index (χ0n) is 7.84. The smallest absolute Gasteiger partial charge is 0.0126 e. The van der Waals surface area contributed by atoms with Crippen LogP contribution in [0.2, 0.25) is 0 Å². The predicted octanol–water partition coefficient (Wildman–Crippen LogP) is 2.41. The van der Waals surface area contributed by atoms with Gasteiger partial charge in [0.05, 0.1) is 0 Å². The van der Waals surface area contributed by atoms with Crippen LogP contribution in [0.25, 0.3) is 0 Å². The van der Waals surface area contributed by atoms with E-state index in [9.17, 15) is 0 Å². The van der Waals surface area contributed by atoms with Gasteiger partial charge in [-0.05, 0) is 51.0 Å². The summed E-state index contributed by atoms with van der Waals surface area (Å²) in [6, 6.07) is 2.04. The Morgan fingerprint density at radius 2 is 1.67 bits per heavy atom. The van der Waals surface area contributed by atoms with E-state index in [1.807, 2.05) is 0 Å². The van der Waals surface area contributed by atoms with Crippen molar-refractivity contribution in [2.75, 3.05) is 6.54 Å². The van der Waals surface area contributed by atoms with Crippen molar-refractivity contribution in [1.29, 1.82) is 0 Å². The third-order valence-corrected chi connectivity index (χ3v) is 3.77. The van der Waals surface area contributed by atoms with Crippen LogP contribution in [0.4, 0.5) is 0 Å². The molecule has 1 unspecified atom stereocenters. The fourth-order valence-corrected chi connectivity index (χ4v) is 2.83. The molecule has 2 saturated carbocycles. The molecule has 1 heteroatoms. The molecule has 3 aliphatic rings. The van der Waals surface area contributed by atoms with Crippen molar-refractivity contribution in [3.05, 3.63) is 0 Å². The highest BCUT2D eigenvalue weighted by molar-refractivity contribution is 4.96. The molecule has 12 heavy (non-hydrogen) atoms. The SMILES string of the molecule is C1CCN(C2CC2)C(C2CC2)C1. The van der Waals surface area contributed by atoms with Crippen molar-refractivity contribution >= 4 is 0 Å². The molecular formula is C11H19N. The first-order valence-corrected chi connectivity index (χ1v) is 5.71. The highest BCUT2D eigenvalue weighted by atomic mass is 15.2. The molecule has 1 heterocycles. The minimum atomic E-state index is 1.02. The second kappa shape index (κ2) is 2.73. The van der Waals surface area contributed by atoms with Crippen molar-refractivity contribution in [2.24, 2.45) is 5.92 Å². The number of hydrogen-bond donors (Lipinski definition) is 0. The normalized spacial score (nSPS) is 38.5. The summed E-state index contributed by atoms with van der Waals surface area (Å²) in [5.74, 6) is 1.12. The Hall–Kier alpha value is -0.0400. The zero-order chi connectivity index (χ0) is 7.97. The van der Waals surface area contributed by atoms with Crippen LogP contribution in [0.3, 0.4) is 0 Å². The molecule has 1 aliphatic heterocycles. The van der Waals surface area contributed by atoms with Gasteiger partial charge in [0.2, 0.25) is 0 Å². The largest absolute Gasteiger partial charge is 0.297 e. The lowest BCUT2D eigenvalue weighted by Crippen LogP contribution is -2.42. The van der Waals surface area contributed by atoms with Gasteiger partial charge < -0.3 is 0 Å². The van der Waals surface area contributed by atoms with E-state index < -0.39 is 0 Å². The van der Waals surface area contributed by atoms with Crippen molar-refractivity contribution in [3.8, 4) is 0 Å². The topological polar surface area (TPSA) is 3.24 Å². The standard InChI is InChI=1S/C11H19N/c1-2-8-12(10-6-7-10)11(3-1)9-4-5-9/h9-11H,1-8H2. The highest BCUT2D eigenvalue weighted by Gasteiger charge is 2.41. The lowest BCUT2D eigenvalue weighted by atomic mass is 9.98. The fourth-order valence-electron chi connectivity index (χ4n) is 2.83. The summed E-state index contributed by atoms with van der Waals surface area (Å²) >= 11 is 0. The first kappa shape index (κ1) is 7.37. The van der Waals surface area contributed by atoms with Gasteiger partial charge in [-0.1, -0.05) is 6.42 Å². The van der Waals surface area contributed by atoms with Gasteiger partial charge in [0.1, 0.15) is 0 Å². The zero-order valence-corrected chi connectivity index (χ0v) is 7.84. The summed E-state index contributed by atoms with van der Waals surface area (Å²) in [7, 11) is 0. The van der Waals surface area contributed by atoms with Crippen LogP contribution in [0.15, 0.2) is 0 Å². The molecule has 0 radical (unpaired) electrons. The van der Waals surface area contributed by atoms with Gasteiger partial charge in [-0.25, -0.2) is 0 Å². The molecule has 0 aromatic rings. The first-order chi connectivity index (χ1) is 5.95. The summed E-state index contributed by atoms with van der Waals surface area (Å²) in [4.78, 5) is 2.85. The molecule has 0 spiro atoms. The Morgan fingerprint density at radius 1 is 0.833 bits per heavy atom. The summed E-state index contributed by atoms with van der Waals surface area (Å²) in [6.45, 7) is 1.42. The summed E-state index contributed by atoms with van der Waals surface area (Å²) < 4.78 is 0. The number of likely N-dealkylation sites (tertiary alicyclic amines) is 1. The van der Waals surface area contributed by atoms with Crippen molar-refractivity contribution in [2.45, 2.75) is 57.0 Å². The molecule has 0 N–H and O–H groups in total. The molecule has 1 nitrogen and oxygen atoms in total.